The Balaban J connectivity index is 0.807. The molecule has 1 saturated heterocycles. The summed E-state index contributed by atoms with van der Waals surface area (Å²) in [6, 6.07) is 39.8. The van der Waals surface area contributed by atoms with Gasteiger partial charge in [-0.05, 0) is 96.8 Å². The van der Waals surface area contributed by atoms with Crippen molar-refractivity contribution in [3.63, 3.8) is 0 Å². The fourth-order valence-electron chi connectivity index (χ4n) is 8.16. The number of benzene rings is 5. The van der Waals surface area contributed by atoms with Crippen LogP contribution in [0.3, 0.4) is 0 Å². The van der Waals surface area contributed by atoms with Crippen LogP contribution in [0, 0.1) is 0 Å². The molecule has 0 unspecified atom stereocenters. The molecule has 1 aliphatic rings. The fraction of sp³-hybridized carbons (Fsp3) is 0.294. The first-order chi connectivity index (χ1) is 30.5. The minimum atomic E-state index is -0.468. The molecule has 5 aromatic carbocycles. The van der Waals surface area contributed by atoms with Crippen molar-refractivity contribution in [2.75, 3.05) is 43.4 Å². The molecule has 12 heteroatoms. The summed E-state index contributed by atoms with van der Waals surface area (Å²) in [6.07, 6.45) is 1.86. The van der Waals surface area contributed by atoms with Gasteiger partial charge in [-0.2, -0.15) is 0 Å². The smallest absolute Gasteiger partial charge is 0.411 e. The number of fused-ring (bicyclic) bond motifs is 1. The van der Waals surface area contributed by atoms with Crippen LogP contribution in [0.4, 0.5) is 16.2 Å². The predicted molar refractivity (Wildman–Crippen MR) is 249 cm³/mol. The number of aromatic nitrogens is 1. The molecule has 0 saturated carbocycles. The maximum Gasteiger partial charge on any atom is 0.411 e. The van der Waals surface area contributed by atoms with Crippen LogP contribution in [0.2, 0.25) is 0 Å². The summed E-state index contributed by atoms with van der Waals surface area (Å²) in [5.74, 6) is -0.0251. The van der Waals surface area contributed by atoms with Crippen LogP contribution in [0.25, 0.3) is 22.0 Å². The number of hydrogen-bond acceptors (Lipinski definition) is 8. The molecule has 63 heavy (non-hydrogen) atoms. The average Bonchev–Trinajstić information content (AvgIpc) is 3.30. The molecule has 7 rings (SSSR count). The SMILES string of the molecule is C[C@@H](Cc1cccc(CNC(=O)c2ccc(N(C)C(=O)CCN3CCC(OC(=O)Nc4ccccc4-c4ccccc4)CC3)cc2)c1)NC[C@H](C)c1ccc(O)c2[nH]c(=O)ccc12. The van der Waals surface area contributed by atoms with Crippen molar-refractivity contribution in [3.05, 3.63) is 160 Å². The number of H-pyrrole nitrogens is 1. The van der Waals surface area contributed by atoms with Gasteiger partial charge in [-0.3, -0.25) is 19.7 Å². The number of phenols is 1. The zero-order valence-electron chi connectivity index (χ0n) is 36.1. The second-order valence-electron chi connectivity index (χ2n) is 16.4. The number of rotatable bonds is 16. The van der Waals surface area contributed by atoms with E-state index in [4.69, 9.17) is 4.74 Å². The summed E-state index contributed by atoms with van der Waals surface area (Å²) in [4.78, 5) is 57.5. The maximum atomic E-state index is 13.2. The van der Waals surface area contributed by atoms with Crippen molar-refractivity contribution in [1.29, 1.82) is 0 Å². The molecule has 2 atom stereocenters. The quantitative estimate of drug-likeness (QED) is 0.0653. The number of carbonyl (C=O) groups is 3. The number of hydrogen-bond donors (Lipinski definition) is 5. The third-order valence-electron chi connectivity index (χ3n) is 11.8. The van der Waals surface area contributed by atoms with Gasteiger partial charge in [0.05, 0.1) is 11.2 Å². The van der Waals surface area contributed by atoms with E-state index in [9.17, 15) is 24.3 Å². The summed E-state index contributed by atoms with van der Waals surface area (Å²) >= 11 is 0. The number of phenolic OH excluding ortho intramolecular Hbond substituents is 1. The number of nitrogens with one attached hydrogen (secondary N) is 4. The third kappa shape index (κ3) is 11.8. The standard InChI is InChI=1S/C51H56N6O6/c1-34(42-20-22-46(58)49-44(42)21-23-47(59)55-49)32-52-35(2)30-36-10-9-11-37(31-36)33-53-50(61)39-16-18-40(19-17-39)56(3)48(60)26-29-57-27-24-41(25-28-57)63-51(62)54-45-15-8-7-14-43(45)38-12-5-4-6-13-38/h4-23,31,34-35,41,52,58H,24-30,32-33H2,1-3H3,(H,53,61)(H,54,62)(H,55,59)/t34-,35-/m0/s1. The topological polar surface area (TPSA) is 156 Å². The monoisotopic (exact) mass is 848 g/mol. The number of aromatic hydroxyl groups is 1. The molecule has 0 radical (unpaired) electrons. The molecule has 1 aromatic heterocycles. The molecule has 2 heterocycles. The van der Waals surface area contributed by atoms with E-state index in [0.717, 1.165) is 52.7 Å². The van der Waals surface area contributed by atoms with Gasteiger partial charge in [0.15, 0.2) is 0 Å². The van der Waals surface area contributed by atoms with Crippen molar-refractivity contribution < 1.29 is 24.2 Å². The highest BCUT2D eigenvalue weighted by molar-refractivity contribution is 5.96. The number of likely N-dealkylation sites (tertiary alicyclic amines) is 1. The van der Waals surface area contributed by atoms with Gasteiger partial charge < -0.3 is 35.3 Å². The van der Waals surface area contributed by atoms with Gasteiger partial charge in [0.25, 0.3) is 5.91 Å². The molecular formula is C51H56N6O6. The Bertz CT molecular complexity index is 2570. The van der Waals surface area contributed by atoms with E-state index >= 15 is 0 Å². The van der Waals surface area contributed by atoms with Gasteiger partial charge in [0, 0.05) is 80.5 Å². The van der Waals surface area contributed by atoms with Crippen LogP contribution >= 0.6 is 0 Å². The van der Waals surface area contributed by atoms with Gasteiger partial charge in [-0.1, -0.05) is 85.8 Å². The van der Waals surface area contributed by atoms with E-state index in [0.29, 0.717) is 61.4 Å². The second kappa shape index (κ2) is 20.9. The normalized spacial score (nSPS) is 14.1. The van der Waals surface area contributed by atoms with Gasteiger partial charge in [0.2, 0.25) is 11.5 Å². The minimum absolute atomic E-state index is 0.0226. The van der Waals surface area contributed by atoms with Gasteiger partial charge in [-0.15, -0.1) is 0 Å². The molecule has 326 valence electrons. The van der Waals surface area contributed by atoms with Crippen LogP contribution in [-0.2, 0) is 22.5 Å². The molecule has 12 nitrogen and oxygen atoms in total. The van der Waals surface area contributed by atoms with Crippen LogP contribution < -0.4 is 26.4 Å². The van der Waals surface area contributed by atoms with E-state index in [1.807, 2.05) is 72.8 Å². The first-order valence-electron chi connectivity index (χ1n) is 21.7. The molecule has 1 aliphatic heterocycles. The Morgan fingerprint density at radius 2 is 1.59 bits per heavy atom. The number of carbonyl (C=O) groups excluding carboxylic acids is 3. The molecule has 5 N–H and O–H groups in total. The second-order valence-corrected chi connectivity index (χ2v) is 16.4. The Labute approximate surface area is 368 Å². The highest BCUT2D eigenvalue weighted by Crippen LogP contribution is 2.30. The maximum absolute atomic E-state index is 13.2. The van der Waals surface area contributed by atoms with E-state index < -0.39 is 6.09 Å². The number of pyridine rings is 1. The van der Waals surface area contributed by atoms with E-state index in [1.54, 1.807) is 48.3 Å². The lowest BCUT2D eigenvalue weighted by atomic mass is 9.95. The van der Waals surface area contributed by atoms with Crippen molar-refractivity contribution in [2.45, 2.75) is 64.1 Å². The summed E-state index contributed by atoms with van der Waals surface area (Å²) < 4.78 is 5.78. The Hall–Kier alpha value is -6.76. The van der Waals surface area contributed by atoms with Crippen molar-refractivity contribution in [3.8, 4) is 16.9 Å². The van der Waals surface area contributed by atoms with Crippen molar-refractivity contribution in [1.82, 2.24) is 20.5 Å². The summed E-state index contributed by atoms with van der Waals surface area (Å²) in [5.41, 5.74) is 7.26. The Kier molecular flexibility index (Phi) is 14.7. The predicted octanol–water partition coefficient (Wildman–Crippen LogP) is 8.22. The van der Waals surface area contributed by atoms with Crippen LogP contribution in [0.1, 0.15) is 66.1 Å². The summed E-state index contributed by atoms with van der Waals surface area (Å²) in [5, 5.41) is 20.7. The molecule has 0 bridgehead atoms. The number of ether oxygens (including phenoxy) is 1. The van der Waals surface area contributed by atoms with E-state index in [2.05, 4.69) is 51.8 Å². The van der Waals surface area contributed by atoms with E-state index in [-0.39, 0.29) is 41.2 Å². The number of piperidine rings is 1. The summed E-state index contributed by atoms with van der Waals surface area (Å²) in [6.45, 7) is 7.41. The first kappa shape index (κ1) is 44.3. The third-order valence-corrected chi connectivity index (χ3v) is 11.8. The Morgan fingerprint density at radius 1 is 0.857 bits per heavy atom. The Morgan fingerprint density at radius 3 is 2.37 bits per heavy atom. The minimum Gasteiger partial charge on any atom is -0.506 e. The number of amides is 3. The molecule has 0 aliphatic carbocycles. The molecule has 3 amide bonds. The van der Waals surface area contributed by atoms with Gasteiger partial charge in [0.1, 0.15) is 11.9 Å². The lowest BCUT2D eigenvalue weighted by Gasteiger charge is -2.31. The van der Waals surface area contributed by atoms with E-state index in [1.165, 1.54) is 6.07 Å². The van der Waals surface area contributed by atoms with Crippen LogP contribution in [0.5, 0.6) is 5.75 Å². The zero-order valence-corrected chi connectivity index (χ0v) is 36.1. The van der Waals surface area contributed by atoms with Crippen molar-refractivity contribution in [2.24, 2.45) is 0 Å². The summed E-state index contributed by atoms with van der Waals surface area (Å²) in [7, 11) is 1.75. The zero-order chi connectivity index (χ0) is 44.3. The van der Waals surface area contributed by atoms with Crippen LogP contribution in [0.15, 0.2) is 132 Å². The highest BCUT2D eigenvalue weighted by atomic mass is 16.6. The van der Waals surface area contributed by atoms with Gasteiger partial charge >= 0.3 is 6.09 Å². The molecule has 1 fully saturated rings. The molecule has 6 aromatic rings. The largest absolute Gasteiger partial charge is 0.506 e. The van der Waals surface area contributed by atoms with Crippen LogP contribution in [-0.4, -0.2) is 78.3 Å². The lowest BCUT2D eigenvalue weighted by Crippen LogP contribution is -2.40. The number of para-hydroxylation sites is 1. The van der Waals surface area contributed by atoms with Gasteiger partial charge in [-0.25, -0.2) is 4.79 Å². The number of nitrogens with zero attached hydrogens (tertiary/aromatic N) is 2. The van der Waals surface area contributed by atoms with Crippen molar-refractivity contribution >= 4 is 40.2 Å². The number of anilines is 2. The molecular weight excluding hydrogens is 793 g/mol. The fourth-order valence-corrected chi connectivity index (χ4v) is 8.16. The lowest BCUT2D eigenvalue weighted by molar-refractivity contribution is -0.118. The first-order valence-corrected chi connectivity index (χ1v) is 21.7. The number of aromatic amines is 1. The average molecular weight is 849 g/mol. The highest BCUT2D eigenvalue weighted by Gasteiger charge is 2.24. The molecule has 0 spiro atoms.